The molecule has 0 spiro atoms. The summed E-state index contributed by atoms with van der Waals surface area (Å²) in [6.07, 6.45) is 0. The Kier molecular flexibility index (Phi) is 3.87. The number of carbonyl (C=O) groups excluding carboxylic acids is 1. The minimum Gasteiger partial charge on any atom is -0.339 e. The quantitative estimate of drug-likeness (QED) is 0.716. The molecule has 1 aromatic carbocycles. The van der Waals surface area contributed by atoms with Crippen molar-refractivity contribution in [2.45, 2.75) is 6.61 Å². The van der Waals surface area contributed by atoms with Gasteiger partial charge in [-0.2, -0.15) is 0 Å². The van der Waals surface area contributed by atoms with Crippen molar-refractivity contribution in [3.05, 3.63) is 35.6 Å². The Bertz CT molecular complexity index is 300. The fourth-order valence-corrected chi connectivity index (χ4v) is 0.817. The zero-order valence-electron chi connectivity index (χ0n) is 7.71. The number of carbonyl (C=O) groups is 1. The van der Waals surface area contributed by atoms with Gasteiger partial charge in [0.05, 0.1) is 6.61 Å². The van der Waals surface area contributed by atoms with Gasteiger partial charge in [-0.15, -0.1) is 0 Å². The molecule has 0 aliphatic heterocycles. The van der Waals surface area contributed by atoms with E-state index >= 15 is 0 Å². The van der Waals surface area contributed by atoms with Crippen LogP contribution in [-0.4, -0.2) is 13.1 Å². The van der Waals surface area contributed by atoms with Crippen molar-refractivity contribution in [3.63, 3.8) is 0 Å². The van der Waals surface area contributed by atoms with E-state index in [2.05, 4.69) is 10.8 Å². The van der Waals surface area contributed by atoms with E-state index in [0.29, 0.717) is 0 Å². The summed E-state index contributed by atoms with van der Waals surface area (Å²) in [4.78, 5) is 15.5. The van der Waals surface area contributed by atoms with Crippen molar-refractivity contribution in [3.8, 4) is 0 Å². The van der Waals surface area contributed by atoms with Crippen LogP contribution < -0.4 is 10.8 Å². The number of hydroxylamine groups is 1. The summed E-state index contributed by atoms with van der Waals surface area (Å²) in [5.74, 6) is -0.298. The predicted molar refractivity (Wildman–Crippen MR) is 48.8 cm³/mol. The highest BCUT2D eigenvalue weighted by Crippen LogP contribution is 2.02. The molecule has 0 saturated carbocycles. The van der Waals surface area contributed by atoms with Gasteiger partial charge in [-0.05, 0) is 17.7 Å². The van der Waals surface area contributed by atoms with E-state index in [1.54, 1.807) is 12.1 Å². The van der Waals surface area contributed by atoms with Gasteiger partial charge in [-0.25, -0.2) is 14.7 Å². The van der Waals surface area contributed by atoms with E-state index in [9.17, 15) is 9.18 Å². The Morgan fingerprint density at radius 3 is 2.64 bits per heavy atom. The van der Waals surface area contributed by atoms with Gasteiger partial charge in [-0.3, -0.25) is 4.84 Å². The Hall–Kier alpha value is -1.62. The highest BCUT2D eigenvalue weighted by atomic mass is 19.1. The number of halogens is 1. The standard InChI is InChI=1S/C9H11FN2O2/c1-11-9(13)12-14-6-7-2-4-8(10)5-3-7/h2-5H,6H2,1H3,(H2,11,12,13). The molecule has 76 valence electrons. The lowest BCUT2D eigenvalue weighted by atomic mass is 10.2. The molecule has 2 amide bonds. The largest absolute Gasteiger partial charge is 0.339 e. The van der Waals surface area contributed by atoms with Crippen LogP contribution in [0, 0.1) is 5.82 Å². The van der Waals surface area contributed by atoms with Gasteiger partial charge in [0.15, 0.2) is 0 Å². The third-order valence-electron chi connectivity index (χ3n) is 1.54. The SMILES string of the molecule is CNC(=O)NOCc1ccc(F)cc1. The summed E-state index contributed by atoms with van der Waals surface area (Å²) in [7, 11) is 1.48. The average Bonchev–Trinajstić information content (AvgIpc) is 2.21. The molecule has 1 rings (SSSR count). The van der Waals surface area contributed by atoms with E-state index < -0.39 is 6.03 Å². The van der Waals surface area contributed by atoms with Crippen LogP contribution in [0.3, 0.4) is 0 Å². The molecule has 2 N–H and O–H groups in total. The number of hydrogen-bond acceptors (Lipinski definition) is 2. The van der Waals surface area contributed by atoms with Gasteiger partial charge in [0, 0.05) is 7.05 Å². The number of amides is 2. The first-order valence-electron chi connectivity index (χ1n) is 4.06. The van der Waals surface area contributed by atoms with Crippen molar-refractivity contribution < 1.29 is 14.0 Å². The maximum absolute atomic E-state index is 12.5. The van der Waals surface area contributed by atoms with E-state index in [1.807, 2.05) is 0 Å². The van der Waals surface area contributed by atoms with Crippen molar-refractivity contribution in [1.29, 1.82) is 0 Å². The van der Waals surface area contributed by atoms with Crippen LogP contribution in [0.15, 0.2) is 24.3 Å². The van der Waals surface area contributed by atoms with Crippen LogP contribution >= 0.6 is 0 Å². The van der Waals surface area contributed by atoms with Crippen LogP contribution in [-0.2, 0) is 11.4 Å². The van der Waals surface area contributed by atoms with Gasteiger partial charge < -0.3 is 5.32 Å². The minimum absolute atomic E-state index is 0.202. The number of urea groups is 1. The second-order valence-corrected chi connectivity index (χ2v) is 2.60. The van der Waals surface area contributed by atoms with Crippen molar-refractivity contribution >= 4 is 6.03 Å². The molecule has 0 atom stereocenters. The highest BCUT2D eigenvalue weighted by Gasteiger charge is 1.96. The first-order chi connectivity index (χ1) is 6.72. The van der Waals surface area contributed by atoms with Crippen molar-refractivity contribution in [2.75, 3.05) is 7.05 Å². The predicted octanol–water partition coefficient (Wildman–Crippen LogP) is 1.19. The lowest BCUT2D eigenvalue weighted by Crippen LogP contribution is -2.32. The highest BCUT2D eigenvalue weighted by molar-refractivity contribution is 5.72. The second kappa shape index (κ2) is 5.18. The third-order valence-corrected chi connectivity index (χ3v) is 1.54. The smallest absolute Gasteiger partial charge is 0.338 e. The summed E-state index contributed by atoms with van der Waals surface area (Å²) in [5.41, 5.74) is 2.93. The molecule has 0 aliphatic carbocycles. The van der Waals surface area contributed by atoms with Crippen LogP contribution in [0.4, 0.5) is 9.18 Å². The van der Waals surface area contributed by atoms with Crippen LogP contribution in [0.25, 0.3) is 0 Å². The normalized spacial score (nSPS) is 9.57. The van der Waals surface area contributed by atoms with Crippen LogP contribution in [0.5, 0.6) is 0 Å². The van der Waals surface area contributed by atoms with E-state index in [1.165, 1.54) is 19.2 Å². The lowest BCUT2D eigenvalue weighted by Gasteiger charge is -2.04. The van der Waals surface area contributed by atoms with Gasteiger partial charge >= 0.3 is 6.03 Å². The van der Waals surface area contributed by atoms with Crippen LogP contribution in [0.1, 0.15) is 5.56 Å². The number of nitrogens with one attached hydrogen (secondary N) is 2. The topological polar surface area (TPSA) is 50.4 Å². The summed E-state index contributed by atoms with van der Waals surface area (Å²) in [6, 6.07) is 5.41. The van der Waals surface area contributed by atoms with Crippen molar-refractivity contribution in [1.82, 2.24) is 10.8 Å². The van der Waals surface area contributed by atoms with Gasteiger partial charge in [0.1, 0.15) is 5.82 Å². The number of hydrogen-bond donors (Lipinski definition) is 2. The Balaban J connectivity index is 2.31. The molecule has 0 unspecified atom stereocenters. The number of benzene rings is 1. The summed E-state index contributed by atoms with van der Waals surface area (Å²) in [6.45, 7) is 0.202. The molecule has 0 saturated heterocycles. The van der Waals surface area contributed by atoms with Gasteiger partial charge in [0.25, 0.3) is 0 Å². The van der Waals surface area contributed by atoms with E-state index in [-0.39, 0.29) is 12.4 Å². The maximum Gasteiger partial charge on any atom is 0.338 e. The molecular formula is C9H11FN2O2. The molecule has 1 aromatic rings. The Morgan fingerprint density at radius 2 is 2.07 bits per heavy atom. The lowest BCUT2D eigenvalue weighted by molar-refractivity contribution is 0.0497. The molecule has 0 aliphatic rings. The van der Waals surface area contributed by atoms with E-state index in [4.69, 9.17) is 4.84 Å². The molecule has 5 heteroatoms. The van der Waals surface area contributed by atoms with Gasteiger partial charge in [-0.1, -0.05) is 12.1 Å². The Labute approximate surface area is 81.0 Å². The second-order valence-electron chi connectivity index (χ2n) is 2.60. The summed E-state index contributed by atoms with van der Waals surface area (Å²) < 4.78 is 12.5. The first kappa shape index (κ1) is 10.5. The van der Waals surface area contributed by atoms with Gasteiger partial charge in [0.2, 0.25) is 0 Å². The molecule has 4 nitrogen and oxygen atoms in total. The zero-order chi connectivity index (χ0) is 10.4. The molecule has 0 heterocycles. The zero-order valence-corrected chi connectivity index (χ0v) is 7.71. The fourth-order valence-electron chi connectivity index (χ4n) is 0.817. The molecular weight excluding hydrogens is 187 g/mol. The van der Waals surface area contributed by atoms with E-state index in [0.717, 1.165) is 5.56 Å². The molecule has 0 fully saturated rings. The molecule has 0 aromatic heterocycles. The first-order valence-corrected chi connectivity index (χ1v) is 4.06. The molecule has 0 radical (unpaired) electrons. The summed E-state index contributed by atoms with van der Waals surface area (Å²) >= 11 is 0. The fraction of sp³-hybridized carbons (Fsp3) is 0.222. The minimum atomic E-state index is -0.424. The Morgan fingerprint density at radius 1 is 1.43 bits per heavy atom. The third kappa shape index (κ3) is 3.40. The molecule has 0 bridgehead atoms. The van der Waals surface area contributed by atoms with Crippen molar-refractivity contribution in [2.24, 2.45) is 0 Å². The molecule has 14 heavy (non-hydrogen) atoms. The summed E-state index contributed by atoms with van der Waals surface area (Å²) in [5, 5.41) is 2.33. The van der Waals surface area contributed by atoms with Crippen LogP contribution in [0.2, 0.25) is 0 Å². The maximum atomic E-state index is 12.5. The monoisotopic (exact) mass is 198 g/mol. The average molecular weight is 198 g/mol. The number of rotatable bonds is 3.